The Bertz CT molecular complexity index is 1530. The Kier molecular flexibility index (Phi) is 9.52. The van der Waals surface area contributed by atoms with Crippen molar-refractivity contribution in [1.29, 1.82) is 0 Å². The third kappa shape index (κ3) is 8.12. The monoisotopic (exact) mass is 602 g/mol. The van der Waals surface area contributed by atoms with Gasteiger partial charge in [0.2, 0.25) is 0 Å². The highest BCUT2D eigenvalue weighted by atomic mass is 32.1. The zero-order valence-electron chi connectivity index (χ0n) is 27.3. The van der Waals surface area contributed by atoms with Crippen molar-refractivity contribution in [3.05, 3.63) is 60.8 Å². The van der Waals surface area contributed by atoms with E-state index in [9.17, 15) is 4.79 Å². The van der Waals surface area contributed by atoms with Gasteiger partial charge >= 0.3 is 6.09 Å². The molecule has 0 spiro atoms. The van der Waals surface area contributed by atoms with E-state index in [4.69, 9.17) is 19.4 Å². The maximum atomic E-state index is 13.5. The first kappa shape index (κ1) is 32.4. The van der Waals surface area contributed by atoms with E-state index in [-0.39, 0.29) is 5.60 Å². The molecule has 0 aliphatic rings. The molecule has 0 bridgehead atoms. The van der Waals surface area contributed by atoms with Crippen molar-refractivity contribution in [2.45, 2.75) is 85.0 Å². The summed E-state index contributed by atoms with van der Waals surface area (Å²) in [5.74, 6) is 0.517. The van der Waals surface area contributed by atoms with Crippen molar-refractivity contribution < 1.29 is 14.3 Å². The van der Waals surface area contributed by atoms with Gasteiger partial charge in [0.15, 0.2) is 0 Å². The zero-order valence-corrected chi connectivity index (χ0v) is 28.1. The van der Waals surface area contributed by atoms with Crippen LogP contribution in [0.25, 0.3) is 31.9 Å². The summed E-state index contributed by atoms with van der Waals surface area (Å²) < 4.78 is 13.3. The number of thiazole rings is 1. The van der Waals surface area contributed by atoms with Crippen LogP contribution in [-0.4, -0.2) is 53.5 Å². The topological polar surface area (TPSA) is 67.8 Å². The van der Waals surface area contributed by atoms with Crippen LogP contribution in [0.5, 0.6) is 0 Å². The lowest BCUT2D eigenvalue weighted by molar-refractivity contribution is -0.0441. The Morgan fingerprint density at radius 2 is 1.53 bits per heavy atom. The molecule has 0 radical (unpaired) electrons. The molecule has 2 heterocycles. The fraction of sp³-hybridized carbons (Fsp3) is 0.457. The van der Waals surface area contributed by atoms with Crippen LogP contribution in [0.3, 0.4) is 0 Å². The minimum absolute atomic E-state index is 0.296. The third-order valence-electron chi connectivity index (χ3n) is 7.18. The van der Waals surface area contributed by atoms with Gasteiger partial charge in [-0.1, -0.05) is 37.6 Å². The number of anilines is 2. The second-order valence-electron chi connectivity index (χ2n) is 13.5. The Morgan fingerprint density at radius 1 is 0.884 bits per heavy atom. The number of benzene rings is 2. The van der Waals surface area contributed by atoms with Crippen LogP contribution in [0.2, 0.25) is 0 Å². The predicted octanol–water partition coefficient (Wildman–Crippen LogP) is 9.21. The van der Waals surface area contributed by atoms with Crippen molar-refractivity contribution in [1.82, 2.24) is 9.97 Å². The molecule has 0 saturated carbocycles. The summed E-state index contributed by atoms with van der Waals surface area (Å²) in [6.07, 6.45) is 3.30. The average Bonchev–Trinajstić information content (AvgIpc) is 3.35. The first-order valence-electron chi connectivity index (χ1n) is 14.9. The normalized spacial score (nSPS) is 12.4. The average molecular weight is 603 g/mol. The number of nitrogens with zero attached hydrogens (tertiary/aromatic N) is 4. The Balaban J connectivity index is 1.57. The van der Waals surface area contributed by atoms with Crippen LogP contribution >= 0.6 is 11.3 Å². The highest BCUT2D eigenvalue weighted by Gasteiger charge is 2.38. The van der Waals surface area contributed by atoms with Crippen LogP contribution in [0.4, 0.5) is 16.3 Å². The summed E-state index contributed by atoms with van der Waals surface area (Å²) >= 11 is 1.70. The molecule has 7 nitrogen and oxygen atoms in total. The summed E-state index contributed by atoms with van der Waals surface area (Å²) in [5, 5.41) is 0.991. The van der Waals surface area contributed by atoms with E-state index in [1.54, 1.807) is 22.4 Å². The number of carbonyl (C=O) groups excluding carboxylic acids is 1. The second-order valence-corrected chi connectivity index (χ2v) is 14.5. The standard InChI is InChI=1S/C35H46N4O3S/c1-11-20-35(7,8)41-23-34(5,6)39(32(40)42-33(2,3)4)30-19-16-26(22-36-30)24-12-14-25(15-13-24)31-37-28-18-17-27(38(9)10)21-29(28)43-31/h12-19,21-22H,11,20,23H2,1-10H3. The zero-order chi connectivity index (χ0) is 31.6. The smallest absolute Gasteiger partial charge is 0.416 e. The molecule has 0 unspecified atom stereocenters. The van der Waals surface area contributed by atoms with Gasteiger partial charge in [-0.3, -0.25) is 4.90 Å². The maximum absolute atomic E-state index is 13.5. The molecule has 2 aromatic heterocycles. The van der Waals surface area contributed by atoms with Crippen molar-refractivity contribution in [2.75, 3.05) is 30.5 Å². The molecule has 0 aliphatic heterocycles. The van der Waals surface area contributed by atoms with E-state index in [0.717, 1.165) is 45.7 Å². The Morgan fingerprint density at radius 3 is 2.12 bits per heavy atom. The van der Waals surface area contributed by atoms with Crippen LogP contribution in [0, 0.1) is 0 Å². The van der Waals surface area contributed by atoms with Gasteiger partial charge in [-0.25, -0.2) is 14.8 Å². The molecule has 2 aromatic carbocycles. The molecule has 1 amide bonds. The molecule has 43 heavy (non-hydrogen) atoms. The summed E-state index contributed by atoms with van der Waals surface area (Å²) in [4.78, 5) is 26.8. The van der Waals surface area contributed by atoms with Gasteiger partial charge in [0.05, 0.1) is 28.0 Å². The van der Waals surface area contributed by atoms with Gasteiger partial charge in [0.25, 0.3) is 0 Å². The second kappa shape index (κ2) is 12.6. The number of ether oxygens (including phenoxy) is 2. The number of hydrogen-bond donors (Lipinski definition) is 0. The SMILES string of the molecule is CCCC(C)(C)OCC(C)(C)N(C(=O)OC(C)(C)C)c1ccc(-c2ccc(-c3nc4ccc(N(C)C)cc4s3)cc2)cn1. The Hall–Kier alpha value is -3.49. The molecular formula is C35H46N4O3S. The number of aromatic nitrogens is 2. The van der Waals surface area contributed by atoms with Crippen molar-refractivity contribution in [3.63, 3.8) is 0 Å². The quantitative estimate of drug-likeness (QED) is 0.180. The van der Waals surface area contributed by atoms with Gasteiger partial charge in [-0.15, -0.1) is 11.3 Å². The van der Waals surface area contributed by atoms with Gasteiger partial charge in [0.1, 0.15) is 16.4 Å². The predicted molar refractivity (Wildman–Crippen MR) is 180 cm³/mol. The largest absolute Gasteiger partial charge is 0.443 e. The van der Waals surface area contributed by atoms with E-state index < -0.39 is 17.2 Å². The van der Waals surface area contributed by atoms with Crippen LogP contribution in [-0.2, 0) is 9.47 Å². The van der Waals surface area contributed by atoms with Gasteiger partial charge in [0, 0.05) is 37.1 Å². The Labute approximate surface area is 260 Å². The highest BCUT2D eigenvalue weighted by Crippen LogP contribution is 2.34. The number of hydrogen-bond acceptors (Lipinski definition) is 7. The maximum Gasteiger partial charge on any atom is 0.416 e. The van der Waals surface area contributed by atoms with Gasteiger partial charge in [-0.05, 0) is 90.8 Å². The molecule has 4 rings (SSSR count). The summed E-state index contributed by atoms with van der Waals surface area (Å²) in [7, 11) is 4.09. The number of pyridine rings is 1. The first-order valence-corrected chi connectivity index (χ1v) is 15.7. The molecule has 0 fully saturated rings. The summed E-state index contributed by atoms with van der Waals surface area (Å²) in [6, 6.07) is 18.6. The minimum Gasteiger partial charge on any atom is -0.443 e. The number of fused-ring (bicyclic) bond motifs is 1. The van der Waals surface area contributed by atoms with Crippen LogP contribution in [0.1, 0.15) is 68.2 Å². The molecular weight excluding hydrogens is 556 g/mol. The summed E-state index contributed by atoms with van der Waals surface area (Å²) in [6.45, 7) is 16.2. The highest BCUT2D eigenvalue weighted by molar-refractivity contribution is 7.21. The molecule has 0 saturated heterocycles. The first-order chi connectivity index (χ1) is 20.1. The minimum atomic E-state index is -0.700. The van der Waals surface area contributed by atoms with Gasteiger partial charge < -0.3 is 14.4 Å². The van der Waals surface area contributed by atoms with E-state index in [0.29, 0.717) is 12.4 Å². The molecule has 0 atom stereocenters. The number of rotatable bonds is 10. The lowest BCUT2D eigenvalue weighted by Crippen LogP contribution is -2.54. The van der Waals surface area contributed by atoms with E-state index in [1.807, 2.05) is 60.8 Å². The fourth-order valence-corrected chi connectivity index (χ4v) is 5.88. The molecule has 0 N–H and O–H groups in total. The number of amides is 1. The van der Waals surface area contributed by atoms with E-state index in [1.165, 1.54) is 4.70 Å². The van der Waals surface area contributed by atoms with Crippen molar-refractivity contribution in [2.24, 2.45) is 0 Å². The molecule has 230 valence electrons. The van der Waals surface area contributed by atoms with Crippen LogP contribution < -0.4 is 9.80 Å². The molecule has 8 heteroatoms. The summed E-state index contributed by atoms with van der Waals surface area (Å²) in [5.41, 5.74) is 3.59. The van der Waals surface area contributed by atoms with Crippen molar-refractivity contribution >= 4 is 39.2 Å². The van der Waals surface area contributed by atoms with Crippen LogP contribution in [0.15, 0.2) is 60.8 Å². The third-order valence-corrected chi connectivity index (χ3v) is 8.25. The van der Waals surface area contributed by atoms with E-state index >= 15 is 0 Å². The van der Waals surface area contributed by atoms with Crippen molar-refractivity contribution in [3.8, 4) is 21.7 Å². The van der Waals surface area contributed by atoms with Gasteiger partial charge in [-0.2, -0.15) is 0 Å². The molecule has 4 aromatic rings. The van der Waals surface area contributed by atoms with E-state index in [2.05, 4.69) is 68.1 Å². The molecule has 0 aliphatic carbocycles. The fourth-order valence-electron chi connectivity index (χ4n) is 4.88. The lowest BCUT2D eigenvalue weighted by atomic mass is 10.0. The lowest BCUT2D eigenvalue weighted by Gasteiger charge is -2.40. The number of carbonyl (C=O) groups is 1.